The molecule has 0 amide bonds. The molecule has 160 valence electrons. The number of H-pyrrole nitrogens is 2. The van der Waals surface area contributed by atoms with Gasteiger partial charge in [0.1, 0.15) is 4.64 Å². The first-order chi connectivity index (χ1) is 15.0. The summed E-state index contributed by atoms with van der Waals surface area (Å²) in [5.74, 6) is 0.569. The average Bonchev–Trinajstić information content (AvgIpc) is 2.77. The number of pyridine rings is 2. The fourth-order valence-corrected chi connectivity index (χ4v) is 3.92. The van der Waals surface area contributed by atoms with Crippen molar-refractivity contribution in [3.63, 3.8) is 0 Å². The summed E-state index contributed by atoms with van der Waals surface area (Å²) in [5.41, 5.74) is 5.17. The first-order valence-corrected chi connectivity index (χ1v) is 11.8. The number of hydrogen-bond acceptors (Lipinski definition) is 5. The van der Waals surface area contributed by atoms with Crippen LogP contribution in [0.25, 0.3) is 22.2 Å². The molecule has 0 radical (unpaired) electrons. The maximum atomic E-state index is 10.6. The molecule has 2 aromatic heterocycles. The summed E-state index contributed by atoms with van der Waals surface area (Å²) < 4.78 is 12.2. The number of aromatic amines is 2. The van der Waals surface area contributed by atoms with Crippen LogP contribution in [0.5, 0.6) is 0 Å². The zero-order chi connectivity index (χ0) is 22.2. The Labute approximate surface area is 201 Å². The lowest BCUT2D eigenvalue weighted by Crippen LogP contribution is -2.01. The number of aromatic nitrogens is 2. The third-order valence-electron chi connectivity index (χ3n) is 4.41. The molecule has 3 N–H and O–H groups in total. The predicted octanol–water partition coefficient (Wildman–Crippen LogP) is 8.15. The van der Waals surface area contributed by atoms with Crippen LogP contribution in [0.15, 0.2) is 71.6 Å². The Morgan fingerprint density at radius 1 is 1.00 bits per heavy atom. The van der Waals surface area contributed by atoms with Crippen LogP contribution >= 0.6 is 49.2 Å². The van der Waals surface area contributed by atoms with E-state index in [-0.39, 0.29) is 0 Å². The largest absolute Gasteiger partial charge is 0.379 e. The van der Waals surface area contributed by atoms with E-state index in [0.717, 1.165) is 42.9 Å². The molecule has 0 atom stereocenters. The highest BCUT2D eigenvalue weighted by molar-refractivity contribution is 7.94. The quantitative estimate of drug-likeness (QED) is 0.169. The summed E-state index contributed by atoms with van der Waals surface area (Å²) in [6, 6.07) is 22.2. The van der Waals surface area contributed by atoms with E-state index in [1.807, 2.05) is 42.5 Å². The van der Waals surface area contributed by atoms with E-state index in [4.69, 9.17) is 24.4 Å². The lowest BCUT2D eigenvalue weighted by atomic mass is 10.1. The molecule has 0 saturated carbocycles. The predicted molar refractivity (Wildman–Crippen MR) is 140 cm³/mol. The molecule has 4 aromatic rings. The molecular weight excluding hydrogens is 466 g/mol. The van der Waals surface area contributed by atoms with Crippen LogP contribution in [0.3, 0.4) is 0 Å². The van der Waals surface area contributed by atoms with Crippen LogP contribution in [-0.2, 0) is 6.54 Å². The van der Waals surface area contributed by atoms with Gasteiger partial charge in [-0.2, -0.15) is 3.89 Å². The minimum atomic E-state index is 0.356. The number of fused-ring (bicyclic) bond motifs is 1. The fourth-order valence-electron chi connectivity index (χ4n) is 3.00. The van der Waals surface area contributed by atoms with Gasteiger partial charge in [-0.1, -0.05) is 61.7 Å². The van der Waals surface area contributed by atoms with Crippen molar-refractivity contribution in [3.05, 3.63) is 81.6 Å². The number of nitrogens with one attached hydrogen (secondary N) is 3. The van der Waals surface area contributed by atoms with Crippen molar-refractivity contribution >= 4 is 65.8 Å². The van der Waals surface area contributed by atoms with Gasteiger partial charge in [0.25, 0.3) is 0 Å². The lowest BCUT2D eigenvalue weighted by molar-refractivity contribution is 0.936. The number of rotatable bonds is 5. The van der Waals surface area contributed by atoms with Crippen LogP contribution in [0, 0.1) is 9.15 Å². The zero-order valence-corrected chi connectivity index (χ0v) is 20.2. The maximum Gasteiger partial charge on any atom is 0.104 e. The SMILES string of the molecule is CCSF.S=c1cc(S)cc(CNc2ccc(-c3cc(=S)c4ccccc4[nH]3)cc2)[nH]1. The smallest absolute Gasteiger partial charge is 0.104 e. The molecule has 3 nitrogen and oxygen atoms in total. The summed E-state index contributed by atoms with van der Waals surface area (Å²) in [6.07, 6.45) is 0. The van der Waals surface area contributed by atoms with Gasteiger partial charge < -0.3 is 15.3 Å². The Balaban J connectivity index is 0.000000628. The summed E-state index contributed by atoms with van der Waals surface area (Å²) in [7, 11) is 0. The monoisotopic (exact) mass is 487 g/mol. The van der Waals surface area contributed by atoms with E-state index in [9.17, 15) is 3.89 Å². The van der Waals surface area contributed by atoms with Crippen LogP contribution in [0.4, 0.5) is 9.57 Å². The third-order valence-corrected chi connectivity index (χ3v) is 5.44. The molecule has 2 aromatic carbocycles. The summed E-state index contributed by atoms with van der Waals surface area (Å²) in [4.78, 5) is 7.49. The molecule has 0 aliphatic carbocycles. The van der Waals surface area contributed by atoms with Crippen LogP contribution < -0.4 is 5.32 Å². The number of halogens is 1. The Hall–Kier alpha value is -2.13. The molecule has 0 unspecified atom stereocenters. The van der Waals surface area contributed by atoms with Crippen molar-refractivity contribution < 1.29 is 3.89 Å². The van der Waals surface area contributed by atoms with Gasteiger partial charge in [-0.05, 0) is 42.0 Å². The van der Waals surface area contributed by atoms with Gasteiger partial charge in [0, 0.05) is 55.3 Å². The maximum absolute atomic E-state index is 10.6. The summed E-state index contributed by atoms with van der Waals surface area (Å²) in [6.45, 7) is 2.42. The number of anilines is 1. The van der Waals surface area contributed by atoms with E-state index in [2.05, 4.69) is 52.2 Å². The second-order valence-electron chi connectivity index (χ2n) is 6.65. The van der Waals surface area contributed by atoms with Crippen molar-refractivity contribution in [2.24, 2.45) is 0 Å². The van der Waals surface area contributed by atoms with Gasteiger partial charge >= 0.3 is 0 Å². The second kappa shape index (κ2) is 11.5. The highest BCUT2D eigenvalue weighted by Crippen LogP contribution is 2.24. The lowest BCUT2D eigenvalue weighted by Gasteiger charge is -2.09. The molecule has 31 heavy (non-hydrogen) atoms. The van der Waals surface area contributed by atoms with Gasteiger partial charge in [0.15, 0.2) is 0 Å². The van der Waals surface area contributed by atoms with Crippen molar-refractivity contribution in [2.45, 2.75) is 18.4 Å². The van der Waals surface area contributed by atoms with Crippen LogP contribution in [0.2, 0.25) is 0 Å². The Bertz CT molecular complexity index is 1260. The highest BCUT2D eigenvalue weighted by Gasteiger charge is 2.03. The first kappa shape index (κ1) is 23.5. The van der Waals surface area contributed by atoms with Crippen molar-refractivity contribution in [1.29, 1.82) is 0 Å². The molecular formula is C23H22FN3S4. The molecule has 2 heterocycles. The van der Waals surface area contributed by atoms with Crippen LogP contribution in [-0.4, -0.2) is 15.7 Å². The Morgan fingerprint density at radius 3 is 2.39 bits per heavy atom. The molecule has 0 aliphatic heterocycles. The molecule has 4 rings (SSSR count). The number of benzene rings is 2. The van der Waals surface area contributed by atoms with Gasteiger partial charge in [-0.3, -0.25) is 0 Å². The topological polar surface area (TPSA) is 43.6 Å². The van der Waals surface area contributed by atoms with Crippen molar-refractivity contribution in [2.75, 3.05) is 11.1 Å². The highest BCUT2D eigenvalue weighted by atomic mass is 32.2. The fraction of sp³-hybridized carbons (Fsp3) is 0.130. The van der Waals surface area contributed by atoms with E-state index in [1.165, 1.54) is 0 Å². The van der Waals surface area contributed by atoms with E-state index >= 15 is 0 Å². The summed E-state index contributed by atoms with van der Waals surface area (Å²) in [5, 5.41) is 4.46. The van der Waals surface area contributed by atoms with E-state index < -0.39 is 0 Å². The van der Waals surface area contributed by atoms with E-state index in [0.29, 0.717) is 29.1 Å². The molecule has 8 heteroatoms. The summed E-state index contributed by atoms with van der Waals surface area (Å²) >= 11 is 15.4. The standard InChI is InChI=1S/C21H17N3S3.C2H5FS/c25-16-9-15(23-21(27)10-16)12-22-14-7-5-13(6-8-14)19-11-20(26)17-3-1-2-4-18(17)24-19;1-2-4-3/h1-11,22H,12H2,(H,24,26)(H2,23,25,27);2H2,1H3. The average molecular weight is 488 g/mol. The normalized spacial score (nSPS) is 10.4. The van der Waals surface area contributed by atoms with E-state index in [1.54, 1.807) is 6.92 Å². The minimum absolute atomic E-state index is 0.356. The minimum Gasteiger partial charge on any atom is -0.379 e. The van der Waals surface area contributed by atoms with Gasteiger partial charge in [0.2, 0.25) is 0 Å². The molecule has 0 fully saturated rings. The zero-order valence-electron chi connectivity index (χ0n) is 16.8. The Morgan fingerprint density at radius 2 is 1.71 bits per heavy atom. The third kappa shape index (κ3) is 6.67. The van der Waals surface area contributed by atoms with Gasteiger partial charge in [-0.25, -0.2) is 0 Å². The first-order valence-electron chi connectivity index (χ1n) is 9.62. The second-order valence-corrected chi connectivity index (χ2v) is 8.84. The van der Waals surface area contributed by atoms with Crippen molar-refractivity contribution in [1.82, 2.24) is 9.97 Å². The number of para-hydroxylation sites is 1. The number of hydrogen-bond donors (Lipinski definition) is 4. The van der Waals surface area contributed by atoms with Gasteiger partial charge in [0.05, 0.1) is 6.54 Å². The van der Waals surface area contributed by atoms with Gasteiger partial charge in [-0.15, -0.1) is 12.6 Å². The Kier molecular flexibility index (Phi) is 8.71. The molecule has 0 aliphatic rings. The molecule has 0 saturated heterocycles. The van der Waals surface area contributed by atoms with Crippen LogP contribution in [0.1, 0.15) is 12.6 Å². The number of thiol groups is 1. The molecule has 0 spiro atoms. The molecule has 0 bridgehead atoms. The van der Waals surface area contributed by atoms with Crippen molar-refractivity contribution in [3.8, 4) is 11.3 Å².